The van der Waals surface area contributed by atoms with E-state index in [9.17, 15) is 4.79 Å². The Morgan fingerprint density at radius 1 is 0.714 bits per heavy atom. The van der Waals surface area contributed by atoms with Gasteiger partial charge in [0, 0.05) is 12.5 Å². The van der Waals surface area contributed by atoms with Gasteiger partial charge in [0.2, 0.25) is 0 Å². The molecule has 1 unspecified atom stereocenters. The first kappa shape index (κ1) is 20.6. The van der Waals surface area contributed by atoms with Gasteiger partial charge in [-0.25, -0.2) is 0 Å². The molecular formula is C19H38O2. The predicted molar refractivity (Wildman–Crippen MR) is 91.6 cm³/mol. The Labute approximate surface area is 132 Å². The van der Waals surface area contributed by atoms with Crippen molar-refractivity contribution in [2.24, 2.45) is 5.92 Å². The molecule has 0 bridgehead atoms. The van der Waals surface area contributed by atoms with Gasteiger partial charge in [-0.15, -0.1) is 0 Å². The van der Waals surface area contributed by atoms with Gasteiger partial charge in [0.15, 0.2) is 0 Å². The van der Waals surface area contributed by atoms with Crippen molar-refractivity contribution in [2.75, 3.05) is 6.61 Å². The standard InChI is InChI=1S/C19H38O2/c1-2-3-4-5-6-7-8-9-10-11-12-13-15-19(18-21)16-14-17-20/h18-20H,2-17H2,1H3. The third kappa shape index (κ3) is 15.8. The lowest BCUT2D eigenvalue weighted by molar-refractivity contribution is -0.111. The zero-order chi connectivity index (χ0) is 15.6. The van der Waals surface area contributed by atoms with Crippen LogP contribution in [0.2, 0.25) is 0 Å². The molecule has 2 nitrogen and oxygen atoms in total. The number of rotatable bonds is 17. The normalized spacial score (nSPS) is 12.5. The summed E-state index contributed by atoms with van der Waals surface area (Å²) in [4.78, 5) is 10.9. The van der Waals surface area contributed by atoms with Crippen molar-refractivity contribution in [1.82, 2.24) is 0 Å². The van der Waals surface area contributed by atoms with E-state index in [1.807, 2.05) is 0 Å². The van der Waals surface area contributed by atoms with E-state index in [0.717, 1.165) is 25.5 Å². The molecule has 0 aliphatic carbocycles. The third-order valence-corrected chi connectivity index (χ3v) is 4.35. The van der Waals surface area contributed by atoms with Gasteiger partial charge in [0.25, 0.3) is 0 Å². The van der Waals surface area contributed by atoms with E-state index < -0.39 is 0 Å². The average Bonchev–Trinajstić information content (AvgIpc) is 2.51. The molecule has 1 N–H and O–H groups in total. The molecule has 126 valence electrons. The number of aliphatic hydroxyl groups is 1. The number of carbonyl (C=O) groups excluding carboxylic acids is 1. The molecule has 0 aliphatic heterocycles. The molecule has 0 aromatic heterocycles. The van der Waals surface area contributed by atoms with Crippen molar-refractivity contribution in [3.63, 3.8) is 0 Å². The highest BCUT2D eigenvalue weighted by molar-refractivity contribution is 5.53. The highest BCUT2D eigenvalue weighted by Crippen LogP contribution is 2.16. The molecule has 0 aromatic carbocycles. The summed E-state index contributed by atoms with van der Waals surface area (Å²) in [5.41, 5.74) is 0. The van der Waals surface area contributed by atoms with Crippen LogP contribution in [-0.2, 0) is 4.79 Å². The monoisotopic (exact) mass is 298 g/mol. The summed E-state index contributed by atoms with van der Waals surface area (Å²) in [6.45, 7) is 2.48. The Hall–Kier alpha value is -0.370. The predicted octanol–water partition coefficient (Wildman–Crippen LogP) is 5.67. The number of unbranched alkanes of at least 4 members (excludes halogenated alkanes) is 11. The molecule has 0 aromatic rings. The fourth-order valence-electron chi connectivity index (χ4n) is 2.88. The fourth-order valence-corrected chi connectivity index (χ4v) is 2.88. The van der Waals surface area contributed by atoms with E-state index in [2.05, 4.69) is 6.92 Å². The Morgan fingerprint density at radius 2 is 1.14 bits per heavy atom. The highest BCUT2D eigenvalue weighted by Gasteiger charge is 2.06. The maximum Gasteiger partial charge on any atom is 0.123 e. The van der Waals surface area contributed by atoms with Crippen molar-refractivity contribution in [1.29, 1.82) is 0 Å². The topological polar surface area (TPSA) is 37.3 Å². The second-order valence-electron chi connectivity index (χ2n) is 6.44. The van der Waals surface area contributed by atoms with Gasteiger partial charge < -0.3 is 9.90 Å². The second-order valence-corrected chi connectivity index (χ2v) is 6.44. The SMILES string of the molecule is CCCCCCCCCCCCCCC(C=O)CCCO. The van der Waals surface area contributed by atoms with Crippen LogP contribution < -0.4 is 0 Å². The van der Waals surface area contributed by atoms with E-state index in [-0.39, 0.29) is 12.5 Å². The van der Waals surface area contributed by atoms with Gasteiger partial charge in [-0.05, 0) is 19.3 Å². The molecule has 21 heavy (non-hydrogen) atoms. The molecule has 0 spiro atoms. The smallest absolute Gasteiger partial charge is 0.123 e. The first-order chi connectivity index (χ1) is 10.3. The quantitative estimate of drug-likeness (QED) is 0.278. The van der Waals surface area contributed by atoms with E-state index in [4.69, 9.17) is 5.11 Å². The molecule has 0 saturated carbocycles. The number of hydrogen-bond donors (Lipinski definition) is 1. The average molecular weight is 299 g/mol. The molecule has 0 rings (SSSR count). The molecule has 0 radical (unpaired) electrons. The van der Waals surface area contributed by atoms with Gasteiger partial charge in [-0.3, -0.25) is 0 Å². The van der Waals surface area contributed by atoms with Crippen molar-refractivity contribution < 1.29 is 9.90 Å². The van der Waals surface area contributed by atoms with Crippen molar-refractivity contribution in [3.8, 4) is 0 Å². The van der Waals surface area contributed by atoms with Crippen LogP contribution in [0.3, 0.4) is 0 Å². The largest absolute Gasteiger partial charge is 0.396 e. The molecule has 0 heterocycles. The van der Waals surface area contributed by atoms with Crippen LogP contribution in [0.25, 0.3) is 0 Å². The van der Waals surface area contributed by atoms with Crippen molar-refractivity contribution in [3.05, 3.63) is 0 Å². The summed E-state index contributed by atoms with van der Waals surface area (Å²) in [7, 11) is 0. The maximum absolute atomic E-state index is 10.9. The maximum atomic E-state index is 10.9. The van der Waals surface area contributed by atoms with E-state index in [1.54, 1.807) is 0 Å². The molecule has 0 aliphatic rings. The van der Waals surface area contributed by atoms with Crippen LogP contribution in [0.1, 0.15) is 103 Å². The molecule has 1 atom stereocenters. The lowest BCUT2D eigenvalue weighted by Crippen LogP contribution is -2.03. The van der Waals surface area contributed by atoms with E-state index in [0.29, 0.717) is 0 Å². The summed E-state index contributed by atoms with van der Waals surface area (Å²) >= 11 is 0. The van der Waals surface area contributed by atoms with Gasteiger partial charge in [0.1, 0.15) is 6.29 Å². The van der Waals surface area contributed by atoms with Crippen LogP contribution in [0, 0.1) is 5.92 Å². The molecule has 0 fully saturated rings. The number of aldehydes is 1. The molecular weight excluding hydrogens is 260 g/mol. The number of hydrogen-bond acceptors (Lipinski definition) is 2. The van der Waals surface area contributed by atoms with Crippen LogP contribution in [0.4, 0.5) is 0 Å². The lowest BCUT2D eigenvalue weighted by Gasteiger charge is -2.08. The fraction of sp³-hybridized carbons (Fsp3) is 0.947. The first-order valence-corrected chi connectivity index (χ1v) is 9.41. The third-order valence-electron chi connectivity index (χ3n) is 4.35. The van der Waals surface area contributed by atoms with E-state index in [1.165, 1.54) is 77.0 Å². The molecule has 2 heteroatoms. The zero-order valence-corrected chi connectivity index (χ0v) is 14.3. The summed E-state index contributed by atoms with van der Waals surface area (Å²) in [6, 6.07) is 0. The van der Waals surface area contributed by atoms with Gasteiger partial charge in [0.05, 0.1) is 0 Å². The summed E-state index contributed by atoms with van der Waals surface area (Å²) in [5.74, 6) is 0.181. The molecule has 0 amide bonds. The molecule has 0 saturated heterocycles. The minimum atomic E-state index is 0.181. The van der Waals surface area contributed by atoms with Gasteiger partial charge in [-0.2, -0.15) is 0 Å². The zero-order valence-electron chi connectivity index (χ0n) is 14.3. The Bertz CT molecular complexity index is 204. The van der Waals surface area contributed by atoms with Crippen LogP contribution in [0.15, 0.2) is 0 Å². The number of carbonyl (C=O) groups is 1. The van der Waals surface area contributed by atoms with Crippen molar-refractivity contribution >= 4 is 6.29 Å². The summed E-state index contributed by atoms with van der Waals surface area (Å²) in [5, 5.41) is 8.77. The van der Waals surface area contributed by atoms with Crippen LogP contribution in [0.5, 0.6) is 0 Å². The van der Waals surface area contributed by atoms with E-state index >= 15 is 0 Å². The van der Waals surface area contributed by atoms with Gasteiger partial charge >= 0.3 is 0 Å². The Morgan fingerprint density at radius 3 is 1.57 bits per heavy atom. The Kier molecular flexibility index (Phi) is 17.4. The highest BCUT2D eigenvalue weighted by atomic mass is 16.2. The summed E-state index contributed by atoms with van der Waals surface area (Å²) < 4.78 is 0. The Balaban J connectivity index is 3.16. The van der Waals surface area contributed by atoms with Crippen LogP contribution in [-0.4, -0.2) is 18.0 Å². The minimum absolute atomic E-state index is 0.181. The second kappa shape index (κ2) is 17.7. The van der Waals surface area contributed by atoms with Crippen molar-refractivity contribution in [2.45, 2.75) is 103 Å². The number of aliphatic hydroxyl groups excluding tert-OH is 1. The van der Waals surface area contributed by atoms with Gasteiger partial charge in [-0.1, -0.05) is 84.0 Å². The minimum Gasteiger partial charge on any atom is -0.396 e. The first-order valence-electron chi connectivity index (χ1n) is 9.41. The van der Waals surface area contributed by atoms with Crippen LogP contribution >= 0.6 is 0 Å². The summed E-state index contributed by atoms with van der Waals surface area (Å²) in [6.07, 6.45) is 20.0. The lowest BCUT2D eigenvalue weighted by atomic mass is 9.97.